The summed E-state index contributed by atoms with van der Waals surface area (Å²) in [5.74, 6) is -2.12. The van der Waals surface area contributed by atoms with Gasteiger partial charge >= 0.3 is 12.1 Å². The number of nitrogens with zero attached hydrogens (tertiary/aromatic N) is 2. The van der Waals surface area contributed by atoms with E-state index in [0.717, 1.165) is 7.05 Å². The summed E-state index contributed by atoms with van der Waals surface area (Å²) in [6.07, 6.45) is -5.05. The van der Waals surface area contributed by atoms with Gasteiger partial charge in [0.1, 0.15) is 6.04 Å². The highest BCUT2D eigenvalue weighted by molar-refractivity contribution is 6.34. The van der Waals surface area contributed by atoms with Crippen molar-refractivity contribution in [3.63, 3.8) is 0 Å². The molecule has 1 amide bonds. The number of benzene rings is 1. The van der Waals surface area contributed by atoms with Crippen molar-refractivity contribution < 1.29 is 18.0 Å². The van der Waals surface area contributed by atoms with Crippen LogP contribution < -0.4 is 0 Å². The summed E-state index contributed by atoms with van der Waals surface area (Å²) in [6, 6.07) is 4.11. The first-order valence-corrected chi connectivity index (χ1v) is 5.62. The van der Waals surface area contributed by atoms with E-state index in [9.17, 15) is 18.0 Å². The fourth-order valence-electron chi connectivity index (χ4n) is 1.43. The van der Waals surface area contributed by atoms with Crippen LogP contribution in [0, 0.1) is 11.3 Å². The number of hydrogen-bond acceptors (Lipinski definition) is 2. The predicted molar refractivity (Wildman–Crippen MR) is 63.6 cm³/mol. The van der Waals surface area contributed by atoms with Crippen LogP contribution in [0.4, 0.5) is 13.2 Å². The van der Waals surface area contributed by atoms with E-state index in [1.807, 2.05) is 0 Å². The normalized spacial score (nSPS) is 12.7. The zero-order valence-electron chi connectivity index (χ0n) is 9.50. The van der Waals surface area contributed by atoms with Gasteiger partial charge in [0, 0.05) is 17.1 Å². The molecular formula is C11H7Cl2F3N2O. The molecule has 0 saturated carbocycles. The number of carbonyl (C=O) groups excluding carboxylic acids is 1. The Morgan fingerprint density at radius 2 is 1.79 bits per heavy atom. The zero-order valence-corrected chi connectivity index (χ0v) is 11.0. The molecule has 0 aliphatic heterocycles. The molecule has 8 heteroatoms. The lowest BCUT2D eigenvalue weighted by Crippen LogP contribution is -2.40. The highest BCUT2D eigenvalue weighted by atomic mass is 35.5. The molecule has 1 aromatic carbocycles. The largest absolute Gasteiger partial charge is 0.471 e. The van der Waals surface area contributed by atoms with Gasteiger partial charge in [-0.3, -0.25) is 4.79 Å². The third-order valence-corrected chi connectivity index (χ3v) is 2.71. The maximum absolute atomic E-state index is 12.3. The minimum absolute atomic E-state index is 0.111. The Bertz CT molecular complexity index is 519. The van der Waals surface area contributed by atoms with Crippen molar-refractivity contribution in [2.75, 3.05) is 7.05 Å². The Kier molecular flexibility index (Phi) is 4.66. The van der Waals surface area contributed by atoms with Crippen LogP contribution in [0.3, 0.4) is 0 Å². The first-order chi connectivity index (χ1) is 8.66. The summed E-state index contributed by atoms with van der Waals surface area (Å²) in [7, 11) is 0.887. The molecule has 1 unspecified atom stereocenters. The molecular weight excluding hydrogens is 304 g/mol. The molecule has 0 spiro atoms. The molecule has 3 nitrogen and oxygen atoms in total. The highest BCUT2D eigenvalue weighted by Gasteiger charge is 2.43. The number of nitriles is 1. The van der Waals surface area contributed by atoms with Gasteiger partial charge in [-0.1, -0.05) is 23.2 Å². The van der Waals surface area contributed by atoms with Crippen LogP contribution >= 0.6 is 23.2 Å². The van der Waals surface area contributed by atoms with E-state index >= 15 is 0 Å². The van der Waals surface area contributed by atoms with Gasteiger partial charge in [-0.15, -0.1) is 0 Å². The average Bonchev–Trinajstić information content (AvgIpc) is 2.26. The van der Waals surface area contributed by atoms with Gasteiger partial charge in [-0.25, -0.2) is 0 Å². The molecule has 0 aliphatic rings. The van der Waals surface area contributed by atoms with E-state index in [1.54, 1.807) is 6.07 Å². The molecule has 0 N–H and O–H groups in total. The molecule has 1 aromatic rings. The highest BCUT2D eigenvalue weighted by Crippen LogP contribution is 2.29. The first-order valence-electron chi connectivity index (χ1n) is 4.86. The number of rotatable bonds is 2. The van der Waals surface area contributed by atoms with Crippen molar-refractivity contribution in [1.29, 1.82) is 5.26 Å². The van der Waals surface area contributed by atoms with Crippen molar-refractivity contribution in [1.82, 2.24) is 4.90 Å². The quantitative estimate of drug-likeness (QED) is 0.838. The second kappa shape index (κ2) is 5.68. The summed E-state index contributed by atoms with van der Waals surface area (Å²) in [5, 5.41) is 9.27. The molecule has 0 aromatic heterocycles. The summed E-state index contributed by atoms with van der Waals surface area (Å²) >= 11 is 11.4. The van der Waals surface area contributed by atoms with Crippen molar-refractivity contribution in [3.05, 3.63) is 33.8 Å². The van der Waals surface area contributed by atoms with Crippen LogP contribution in [0.15, 0.2) is 18.2 Å². The molecule has 0 heterocycles. The maximum atomic E-state index is 12.3. The fourth-order valence-corrected chi connectivity index (χ4v) is 1.98. The fraction of sp³-hybridized carbons (Fsp3) is 0.273. The van der Waals surface area contributed by atoms with Gasteiger partial charge in [0.2, 0.25) is 0 Å². The second-order valence-corrected chi connectivity index (χ2v) is 4.52. The lowest BCUT2D eigenvalue weighted by atomic mass is 10.1. The number of alkyl halides is 3. The lowest BCUT2D eigenvalue weighted by molar-refractivity contribution is -0.185. The zero-order chi connectivity index (χ0) is 14.8. The van der Waals surface area contributed by atoms with Crippen LogP contribution in [-0.4, -0.2) is 24.0 Å². The standard InChI is InChI=1S/C11H7Cl2F3N2O/c1-18(10(19)11(14,15)16)9(5-17)6-2-7(12)4-8(13)3-6/h2-4,9H,1H3. The Morgan fingerprint density at radius 1 is 1.32 bits per heavy atom. The van der Waals surface area contributed by atoms with Crippen LogP contribution in [0.1, 0.15) is 11.6 Å². The van der Waals surface area contributed by atoms with Gasteiger partial charge in [0.05, 0.1) is 6.07 Å². The van der Waals surface area contributed by atoms with E-state index in [0.29, 0.717) is 4.90 Å². The van der Waals surface area contributed by atoms with E-state index < -0.39 is 18.1 Å². The van der Waals surface area contributed by atoms with Crippen molar-refractivity contribution >= 4 is 29.1 Å². The van der Waals surface area contributed by atoms with E-state index in [1.165, 1.54) is 18.2 Å². The molecule has 19 heavy (non-hydrogen) atoms. The van der Waals surface area contributed by atoms with E-state index in [-0.39, 0.29) is 15.6 Å². The molecule has 0 aliphatic carbocycles. The second-order valence-electron chi connectivity index (χ2n) is 3.65. The third-order valence-electron chi connectivity index (χ3n) is 2.27. The number of carbonyl (C=O) groups is 1. The minimum atomic E-state index is -5.05. The SMILES string of the molecule is CN(C(=O)C(F)(F)F)C(C#N)c1cc(Cl)cc(Cl)c1. The van der Waals surface area contributed by atoms with Crippen molar-refractivity contribution in [3.8, 4) is 6.07 Å². The van der Waals surface area contributed by atoms with Crippen LogP contribution in [0.2, 0.25) is 10.0 Å². The smallest absolute Gasteiger partial charge is 0.318 e. The molecule has 0 bridgehead atoms. The first kappa shape index (κ1) is 15.6. The number of halogens is 5. The Balaban J connectivity index is 3.15. The Hall–Kier alpha value is -1.45. The van der Waals surface area contributed by atoms with E-state index in [2.05, 4.69) is 0 Å². The third kappa shape index (κ3) is 3.75. The van der Waals surface area contributed by atoms with Crippen molar-refractivity contribution in [2.24, 2.45) is 0 Å². The maximum Gasteiger partial charge on any atom is 0.471 e. The summed E-state index contributed by atoms with van der Waals surface area (Å²) in [4.78, 5) is 11.4. The number of amides is 1. The van der Waals surface area contributed by atoms with Gasteiger partial charge in [-0.2, -0.15) is 18.4 Å². The van der Waals surface area contributed by atoms with Crippen molar-refractivity contribution in [2.45, 2.75) is 12.2 Å². The summed E-state index contributed by atoms with van der Waals surface area (Å²) in [6.45, 7) is 0. The Labute approximate surface area is 117 Å². The van der Waals surface area contributed by atoms with Gasteiger partial charge < -0.3 is 4.90 Å². The average molecular weight is 311 g/mol. The van der Waals surface area contributed by atoms with Crippen LogP contribution in [0.25, 0.3) is 0 Å². The predicted octanol–water partition coefficient (Wildman–Crippen LogP) is 3.58. The number of hydrogen-bond donors (Lipinski definition) is 0. The van der Waals surface area contributed by atoms with Gasteiger partial charge in [0.25, 0.3) is 0 Å². The summed E-state index contributed by atoms with van der Waals surface area (Å²) in [5.41, 5.74) is 0.111. The lowest BCUT2D eigenvalue weighted by Gasteiger charge is -2.24. The molecule has 1 rings (SSSR count). The minimum Gasteiger partial charge on any atom is -0.318 e. The monoisotopic (exact) mass is 310 g/mol. The molecule has 0 saturated heterocycles. The Morgan fingerprint density at radius 3 is 2.16 bits per heavy atom. The van der Waals surface area contributed by atoms with Crippen LogP contribution in [-0.2, 0) is 4.79 Å². The summed E-state index contributed by atoms with van der Waals surface area (Å²) < 4.78 is 37.0. The molecule has 0 radical (unpaired) electrons. The van der Waals surface area contributed by atoms with E-state index in [4.69, 9.17) is 28.5 Å². The van der Waals surface area contributed by atoms with Gasteiger partial charge in [0.15, 0.2) is 0 Å². The molecule has 102 valence electrons. The molecule has 1 atom stereocenters. The molecule has 0 fully saturated rings. The van der Waals surface area contributed by atoms with Crippen LogP contribution in [0.5, 0.6) is 0 Å². The van der Waals surface area contributed by atoms with Gasteiger partial charge in [-0.05, 0) is 23.8 Å². The topological polar surface area (TPSA) is 44.1 Å².